The van der Waals surface area contributed by atoms with Gasteiger partial charge in [-0.25, -0.2) is 0 Å². The molecule has 0 saturated carbocycles. The summed E-state index contributed by atoms with van der Waals surface area (Å²) in [7, 11) is 3.40. The molecule has 0 fully saturated rings. The van der Waals surface area contributed by atoms with Crippen LogP contribution in [-0.4, -0.2) is 22.7 Å². The highest BCUT2D eigenvalue weighted by molar-refractivity contribution is 6.06. The summed E-state index contributed by atoms with van der Waals surface area (Å²) in [5, 5.41) is 3.96. The number of nitrogens with zero attached hydrogens (tertiary/aromatic N) is 2. The van der Waals surface area contributed by atoms with Gasteiger partial charge in [0.2, 0.25) is 0 Å². The number of hydrogen-bond acceptors (Lipinski definition) is 3. The first-order valence-electron chi connectivity index (χ1n) is 5.54. The third kappa shape index (κ3) is 2.85. The second-order valence-corrected chi connectivity index (χ2v) is 3.88. The van der Waals surface area contributed by atoms with Crippen molar-refractivity contribution in [2.75, 3.05) is 7.11 Å². The van der Waals surface area contributed by atoms with Crippen LogP contribution in [0, 0.1) is 0 Å². The molecule has 4 heteroatoms. The number of carbonyl (C=O) groups excluding carboxylic acids is 1. The van der Waals surface area contributed by atoms with Crippen LogP contribution in [0.2, 0.25) is 0 Å². The van der Waals surface area contributed by atoms with Gasteiger partial charge in [0.1, 0.15) is 5.75 Å². The largest absolute Gasteiger partial charge is 0.497 e. The summed E-state index contributed by atoms with van der Waals surface area (Å²) >= 11 is 0. The average molecular weight is 242 g/mol. The van der Waals surface area contributed by atoms with Gasteiger partial charge in [0.15, 0.2) is 5.78 Å². The number of methoxy groups -OCH3 is 1. The lowest BCUT2D eigenvalue weighted by Crippen LogP contribution is -1.92. The van der Waals surface area contributed by atoms with Crippen molar-refractivity contribution >= 4 is 11.9 Å². The third-order valence-corrected chi connectivity index (χ3v) is 2.51. The fraction of sp³-hybridized carbons (Fsp3) is 0.143. The van der Waals surface area contributed by atoms with Crippen molar-refractivity contribution in [2.45, 2.75) is 0 Å². The van der Waals surface area contributed by atoms with Gasteiger partial charge in [0, 0.05) is 13.2 Å². The summed E-state index contributed by atoms with van der Waals surface area (Å²) in [5.41, 5.74) is 1.50. The molecule has 0 atom stereocenters. The molecule has 0 saturated heterocycles. The van der Waals surface area contributed by atoms with Crippen molar-refractivity contribution < 1.29 is 9.53 Å². The maximum absolute atomic E-state index is 11.8. The summed E-state index contributed by atoms with van der Waals surface area (Å²) in [6.07, 6.45) is 6.54. The van der Waals surface area contributed by atoms with Crippen molar-refractivity contribution in [3.63, 3.8) is 0 Å². The van der Waals surface area contributed by atoms with Crippen molar-refractivity contribution in [1.82, 2.24) is 9.78 Å². The summed E-state index contributed by atoms with van der Waals surface area (Å²) in [6.45, 7) is 0. The summed E-state index contributed by atoms with van der Waals surface area (Å²) in [5.74, 6) is 0.705. The second kappa shape index (κ2) is 5.31. The predicted octanol–water partition coefficient (Wildman–Crippen LogP) is 2.32. The molecule has 18 heavy (non-hydrogen) atoms. The fourth-order valence-corrected chi connectivity index (χ4v) is 1.56. The van der Waals surface area contributed by atoms with E-state index < -0.39 is 0 Å². The molecule has 0 radical (unpaired) electrons. The van der Waals surface area contributed by atoms with E-state index in [1.54, 1.807) is 37.3 Å². The number of aromatic nitrogens is 2. The molecule has 1 aromatic heterocycles. The first-order chi connectivity index (χ1) is 8.69. The van der Waals surface area contributed by atoms with Gasteiger partial charge >= 0.3 is 0 Å². The van der Waals surface area contributed by atoms with E-state index in [0.29, 0.717) is 5.56 Å². The normalized spacial score (nSPS) is 10.8. The standard InChI is InChI=1S/C14H14N2O2/c1-16-10-12(9-15-16)14(17)7-6-11-4-3-5-13(8-11)18-2/h3-10H,1-2H3. The topological polar surface area (TPSA) is 44.1 Å². The molecular formula is C14H14N2O2. The third-order valence-electron chi connectivity index (χ3n) is 2.51. The monoisotopic (exact) mass is 242 g/mol. The average Bonchev–Trinajstić information content (AvgIpc) is 2.83. The molecule has 2 rings (SSSR count). The Balaban J connectivity index is 2.12. The van der Waals surface area contributed by atoms with Gasteiger partial charge in [-0.1, -0.05) is 18.2 Å². The van der Waals surface area contributed by atoms with Crippen LogP contribution in [-0.2, 0) is 7.05 Å². The molecule has 0 aliphatic carbocycles. The van der Waals surface area contributed by atoms with Crippen LogP contribution in [0.15, 0.2) is 42.7 Å². The molecule has 0 spiro atoms. The molecule has 0 aliphatic heterocycles. The lowest BCUT2D eigenvalue weighted by molar-refractivity contribution is 0.104. The van der Waals surface area contributed by atoms with Crippen molar-refractivity contribution in [3.05, 3.63) is 53.9 Å². The zero-order valence-corrected chi connectivity index (χ0v) is 10.3. The van der Waals surface area contributed by atoms with E-state index in [-0.39, 0.29) is 5.78 Å². The Morgan fingerprint density at radius 2 is 2.28 bits per heavy atom. The number of allylic oxidation sites excluding steroid dienone is 1. The predicted molar refractivity (Wildman–Crippen MR) is 69.6 cm³/mol. The number of carbonyl (C=O) groups is 1. The molecule has 0 unspecified atom stereocenters. The Labute approximate surface area is 106 Å². The highest BCUT2D eigenvalue weighted by atomic mass is 16.5. The minimum Gasteiger partial charge on any atom is -0.497 e. The minimum absolute atomic E-state index is 0.0640. The van der Waals surface area contributed by atoms with Crippen LogP contribution < -0.4 is 4.74 Å². The highest BCUT2D eigenvalue weighted by Gasteiger charge is 2.03. The lowest BCUT2D eigenvalue weighted by Gasteiger charge is -1.99. The number of aryl methyl sites for hydroxylation is 1. The first-order valence-corrected chi connectivity index (χ1v) is 5.54. The summed E-state index contributed by atoms with van der Waals surface area (Å²) in [6, 6.07) is 7.52. The van der Waals surface area contributed by atoms with Gasteiger partial charge in [-0.05, 0) is 23.8 Å². The fourth-order valence-electron chi connectivity index (χ4n) is 1.56. The van der Waals surface area contributed by atoms with Crippen molar-refractivity contribution in [2.24, 2.45) is 7.05 Å². The summed E-state index contributed by atoms with van der Waals surface area (Å²) in [4.78, 5) is 11.8. The minimum atomic E-state index is -0.0640. The van der Waals surface area contributed by atoms with Crippen LogP contribution >= 0.6 is 0 Å². The molecule has 92 valence electrons. The van der Waals surface area contributed by atoms with E-state index in [1.165, 1.54) is 6.08 Å². The van der Waals surface area contributed by atoms with Crippen LogP contribution in [0.1, 0.15) is 15.9 Å². The molecule has 0 N–H and O–H groups in total. The smallest absolute Gasteiger partial charge is 0.189 e. The zero-order valence-electron chi connectivity index (χ0n) is 10.3. The van der Waals surface area contributed by atoms with E-state index in [4.69, 9.17) is 4.74 Å². The van der Waals surface area contributed by atoms with Crippen molar-refractivity contribution in [1.29, 1.82) is 0 Å². The number of benzene rings is 1. The number of rotatable bonds is 4. The van der Waals surface area contributed by atoms with Crippen LogP contribution in [0.4, 0.5) is 0 Å². The molecule has 0 aliphatic rings. The highest BCUT2D eigenvalue weighted by Crippen LogP contribution is 2.14. The molecule has 1 aromatic carbocycles. The zero-order chi connectivity index (χ0) is 13.0. The quantitative estimate of drug-likeness (QED) is 0.610. The van der Waals surface area contributed by atoms with Crippen LogP contribution in [0.3, 0.4) is 0 Å². The molecular weight excluding hydrogens is 228 g/mol. The van der Waals surface area contributed by atoms with E-state index in [2.05, 4.69) is 5.10 Å². The van der Waals surface area contributed by atoms with E-state index in [1.807, 2.05) is 24.3 Å². The van der Waals surface area contributed by atoms with Crippen molar-refractivity contribution in [3.8, 4) is 5.75 Å². The Hall–Kier alpha value is -2.36. The summed E-state index contributed by atoms with van der Waals surface area (Å²) < 4.78 is 6.72. The number of ether oxygens (including phenoxy) is 1. The van der Waals surface area contributed by atoms with E-state index >= 15 is 0 Å². The first kappa shape index (κ1) is 12.1. The Morgan fingerprint density at radius 3 is 2.94 bits per heavy atom. The van der Waals surface area contributed by atoms with Crippen LogP contribution in [0.25, 0.3) is 6.08 Å². The molecule has 4 nitrogen and oxygen atoms in total. The van der Waals surface area contributed by atoms with E-state index in [0.717, 1.165) is 11.3 Å². The van der Waals surface area contributed by atoms with Gasteiger partial charge in [0.25, 0.3) is 0 Å². The number of hydrogen-bond donors (Lipinski definition) is 0. The molecule has 1 heterocycles. The molecule has 0 bridgehead atoms. The maximum atomic E-state index is 11.8. The van der Waals surface area contributed by atoms with Gasteiger partial charge in [-0.15, -0.1) is 0 Å². The molecule has 2 aromatic rings. The van der Waals surface area contributed by atoms with Gasteiger partial charge in [-0.2, -0.15) is 5.10 Å². The van der Waals surface area contributed by atoms with Gasteiger partial charge < -0.3 is 4.74 Å². The van der Waals surface area contributed by atoms with E-state index in [9.17, 15) is 4.79 Å². The Kier molecular flexibility index (Phi) is 3.57. The Morgan fingerprint density at radius 1 is 1.44 bits per heavy atom. The maximum Gasteiger partial charge on any atom is 0.189 e. The number of ketones is 1. The molecule has 0 amide bonds. The van der Waals surface area contributed by atoms with Gasteiger partial charge in [0.05, 0.1) is 18.9 Å². The van der Waals surface area contributed by atoms with Gasteiger partial charge in [-0.3, -0.25) is 9.48 Å². The Bertz CT molecular complexity index is 585. The van der Waals surface area contributed by atoms with Crippen LogP contribution in [0.5, 0.6) is 5.75 Å². The second-order valence-electron chi connectivity index (χ2n) is 3.88. The lowest BCUT2D eigenvalue weighted by atomic mass is 10.1. The SMILES string of the molecule is COc1cccc(C=CC(=O)c2cnn(C)c2)c1.